The average Bonchev–Trinajstić information content (AvgIpc) is 2.58. The van der Waals surface area contributed by atoms with Crippen molar-refractivity contribution in [2.75, 3.05) is 12.8 Å². The Morgan fingerprint density at radius 2 is 2.26 bits per heavy atom. The zero-order valence-corrected chi connectivity index (χ0v) is 15.2. The number of aliphatic imine (C=N–C) groups is 1. The van der Waals surface area contributed by atoms with Crippen LogP contribution in [-0.2, 0) is 17.3 Å². The zero-order chi connectivity index (χ0) is 16.7. The standard InChI is InChI=1S/C17H28N4OS/c1-4-23(22)16-10-6-8-14(11-16)21-17(18-3)19-12-15-9-5-7-13(2)20-15/h5,7,9,14,16H,4,6,8,10-12H2,1-3H3,(H2,18,19,21). The van der Waals surface area contributed by atoms with E-state index in [2.05, 4.69) is 20.6 Å². The summed E-state index contributed by atoms with van der Waals surface area (Å²) in [6.07, 6.45) is 4.28. The van der Waals surface area contributed by atoms with Gasteiger partial charge in [0.05, 0.1) is 12.2 Å². The van der Waals surface area contributed by atoms with Crippen molar-refractivity contribution in [3.8, 4) is 0 Å². The molecular weight excluding hydrogens is 308 g/mol. The molecule has 128 valence electrons. The van der Waals surface area contributed by atoms with Crippen LogP contribution < -0.4 is 10.6 Å². The van der Waals surface area contributed by atoms with E-state index in [0.29, 0.717) is 17.8 Å². The van der Waals surface area contributed by atoms with Crippen LogP contribution in [0.5, 0.6) is 0 Å². The fourth-order valence-corrected chi connectivity index (χ4v) is 4.36. The lowest BCUT2D eigenvalue weighted by Gasteiger charge is -2.30. The maximum atomic E-state index is 12.0. The normalized spacial score (nSPS) is 23.3. The van der Waals surface area contributed by atoms with E-state index in [4.69, 9.17) is 0 Å². The van der Waals surface area contributed by atoms with Crippen molar-refractivity contribution in [2.24, 2.45) is 4.99 Å². The zero-order valence-electron chi connectivity index (χ0n) is 14.3. The van der Waals surface area contributed by atoms with Gasteiger partial charge in [-0.1, -0.05) is 19.4 Å². The van der Waals surface area contributed by atoms with Gasteiger partial charge in [0.25, 0.3) is 0 Å². The van der Waals surface area contributed by atoms with Gasteiger partial charge in [0.15, 0.2) is 5.96 Å². The van der Waals surface area contributed by atoms with Gasteiger partial charge in [0.2, 0.25) is 0 Å². The van der Waals surface area contributed by atoms with Crippen LogP contribution in [0.2, 0.25) is 0 Å². The first-order valence-corrected chi connectivity index (χ1v) is 9.77. The van der Waals surface area contributed by atoms with Crippen molar-refractivity contribution in [2.45, 2.75) is 57.4 Å². The molecule has 3 atom stereocenters. The number of nitrogens with zero attached hydrogens (tertiary/aromatic N) is 2. The lowest BCUT2D eigenvalue weighted by molar-refractivity contribution is 0.413. The van der Waals surface area contributed by atoms with Crippen LogP contribution in [0.15, 0.2) is 23.2 Å². The Balaban J connectivity index is 1.85. The van der Waals surface area contributed by atoms with Crippen molar-refractivity contribution in [1.82, 2.24) is 15.6 Å². The van der Waals surface area contributed by atoms with Gasteiger partial charge < -0.3 is 10.6 Å². The summed E-state index contributed by atoms with van der Waals surface area (Å²) in [7, 11) is 1.08. The summed E-state index contributed by atoms with van der Waals surface area (Å²) in [6.45, 7) is 4.65. The largest absolute Gasteiger partial charge is 0.354 e. The minimum Gasteiger partial charge on any atom is -0.354 e. The molecule has 5 nitrogen and oxygen atoms in total. The number of aryl methyl sites for hydroxylation is 1. The van der Waals surface area contributed by atoms with E-state index in [-0.39, 0.29) is 0 Å². The van der Waals surface area contributed by atoms with Gasteiger partial charge in [-0.25, -0.2) is 0 Å². The van der Waals surface area contributed by atoms with Gasteiger partial charge in [0.1, 0.15) is 0 Å². The smallest absolute Gasteiger partial charge is 0.191 e. The third-order valence-corrected chi connectivity index (χ3v) is 5.97. The molecule has 0 aromatic carbocycles. The second-order valence-electron chi connectivity index (χ2n) is 6.00. The molecule has 0 spiro atoms. The Hall–Kier alpha value is -1.43. The highest BCUT2D eigenvalue weighted by Gasteiger charge is 2.25. The number of rotatable bonds is 5. The third kappa shape index (κ3) is 5.61. The molecule has 0 bridgehead atoms. The second-order valence-corrected chi connectivity index (χ2v) is 8.00. The molecule has 0 saturated heterocycles. The van der Waals surface area contributed by atoms with E-state index in [9.17, 15) is 4.21 Å². The van der Waals surface area contributed by atoms with E-state index >= 15 is 0 Å². The van der Waals surface area contributed by atoms with Crippen LogP contribution in [0.1, 0.15) is 44.0 Å². The van der Waals surface area contributed by atoms with Crippen molar-refractivity contribution in [1.29, 1.82) is 0 Å². The van der Waals surface area contributed by atoms with Crippen LogP contribution >= 0.6 is 0 Å². The van der Waals surface area contributed by atoms with Gasteiger partial charge >= 0.3 is 0 Å². The quantitative estimate of drug-likeness (QED) is 0.639. The first kappa shape index (κ1) is 17.9. The van der Waals surface area contributed by atoms with Gasteiger partial charge in [-0.15, -0.1) is 0 Å². The molecule has 1 aliphatic carbocycles. The second kappa shape index (κ2) is 9.01. The van der Waals surface area contributed by atoms with Crippen LogP contribution in [0, 0.1) is 6.92 Å². The highest BCUT2D eigenvalue weighted by molar-refractivity contribution is 7.85. The highest BCUT2D eigenvalue weighted by atomic mass is 32.2. The minimum absolute atomic E-state index is 0.322. The Labute approximate surface area is 141 Å². The maximum absolute atomic E-state index is 12.0. The molecule has 1 aliphatic rings. The average molecular weight is 337 g/mol. The van der Waals surface area contributed by atoms with Crippen LogP contribution in [-0.4, -0.2) is 39.2 Å². The van der Waals surface area contributed by atoms with E-state index in [1.165, 1.54) is 0 Å². The number of aromatic nitrogens is 1. The molecule has 0 aliphatic heterocycles. The summed E-state index contributed by atoms with van der Waals surface area (Å²) in [5.74, 6) is 1.55. The molecule has 3 unspecified atom stereocenters. The van der Waals surface area contributed by atoms with Crippen molar-refractivity contribution >= 4 is 16.8 Å². The Morgan fingerprint density at radius 3 is 2.96 bits per heavy atom. The summed E-state index contributed by atoms with van der Waals surface area (Å²) >= 11 is 0. The first-order chi connectivity index (χ1) is 11.1. The topological polar surface area (TPSA) is 66.4 Å². The number of nitrogens with one attached hydrogen (secondary N) is 2. The highest BCUT2D eigenvalue weighted by Crippen LogP contribution is 2.22. The SMILES string of the molecule is CCS(=O)C1CCCC(NC(=NC)NCc2cccc(C)n2)C1. The van der Waals surface area contributed by atoms with Crippen molar-refractivity contribution < 1.29 is 4.21 Å². The lowest BCUT2D eigenvalue weighted by atomic mass is 9.95. The van der Waals surface area contributed by atoms with Crippen LogP contribution in [0.3, 0.4) is 0 Å². The summed E-state index contributed by atoms with van der Waals surface area (Å²) in [6, 6.07) is 6.36. The Kier molecular flexibility index (Phi) is 7.02. The van der Waals surface area contributed by atoms with Crippen molar-refractivity contribution in [3.63, 3.8) is 0 Å². The predicted molar refractivity (Wildman–Crippen MR) is 97.0 cm³/mol. The lowest BCUT2D eigenvalue weighted by Crippen LogP contribution is -2.46. The number of guanidine groups is 1. The van der Waals surface area contributed by atoms with E-state index in [1.807, 2.05) is 32.0 Å². The van der Waals surface area contributed by atoms with Gasteiger partial charge in [-0.05, 0) is 38.3 Å². The molecule has 1 saturated carbocycles. The maximum Gasteiger partial charge on any atom is 0.191 e. The molecule has 0 amide bonds. The third-order valence-electron chi connectivity index (χ3n) is 4.23. The molecular formula is C17H28N4OS. The number of hydrogen-bond donors (Lipinski definition) is 2. The predicted octanol–water partition coefficient (Wildman–Crippen LogP) is 2.13. The molecule has 1 fully saturated rings. The van der Waals surface area contributed by atoms with Crippen LogP contribution in [0.25, 0.3) is 0 Å². The number of pyridine rings is 1. The van der Waals surface area contributed by atoms with E-state index in [0.717, 1.165) is 48.8 Å². The Morgan fingerprint density at radius 1 is 1.43 bits per heavy atom. The van der Waals surface area contributed by atoms with Gasteiger partial charge in [0, 0.05) is 40.6 Å². The molecule has 23 heavy (non-hydrogen) atoms. The summed E-state index contributed by atoms with van der Waals surface area (Å²) in [5, 5.41) is 7.12. The van der Waals surface area contributed by atoms with E-state index in [1.54, 1.807) is 7.05 Å². The van der Waals surface area contributed by atoms with Crippen molar-refractivity contribution in [3.05, 3.63) is 29.6 Å². The van der Waals surface area contributed by atoms with E-state index < -0.39 is 10.8 Å². The van der Waals surface area contributed by atoms with Gasteiger partial charge in [-0.3, -0.25) is 14.2 Å². The monoisotopic (exact) mass is 336 g/mol. The molecule has 0 radical (unpaired) electrons. The Bertz CT molecular complexity index is 561. The molecule has 1 aromatic rings. The molecule has 6 heteroatoms. The molecule has 1 heterocycles. The molecule has 1 aromatic heterocycles. The van der Waals surface area contributed by atoms with Crippen LogP contribution in [0.4, 0.5) is 0 Å². The fraction of sp³-hybridized carbons (Fsp3) is 0.647. The summed E-state index contributed by atoms with van der Waals surface area (Å²) in [4.78, 5) is 8.79. The minimum atomic E-state index is -0.697. The number of hydrogen-bond acceptors (Lipinski definition) is 3. The fourth-order valence-electron chi connectivity index (χ4n) is 3.01. The summed E-state index contributed by atoms with van der Waals surface area (Å²) < 4.78 is 12.0. The molecule has 2 N–H and O–H groups in total. The van der Waals surface area contributed by atoms with Gasteiger partial charge in [-0.2, -0.15) is 0 Å². The molecule has 2 rings (SSSR count). The first-order valence-electron chi connectivity index (χ1n) is 8.39. The summed E-state index contributed by atoms with van der Waals surface area (Å²) in [5.41, 5.74) is 2.02.